The Balaban J connectivity index is 1.96. The number of fused-ring (bicyclic) bond motifs is 3. The van der Waals surface area contributed by atoms with Crippen LogP contribution in [0, 0.1) is 0 Å². The van der Waals surface area contributed by atoms with Gasteiger partial charge >= 0.3 is 0 Å². The van der Waals surface area contributed by atoms with Crippen LogP contribution in [0.15, 0.2) is 11.4 Å². The van der Waals surface area contributed by atoms with Gasteiger partial charge in [-0.25, -0.2) is 0 Å². The van der Waals surface area contributed by atoms with Crippen molar-refractivity contribution < 1.29 is 4.74 Å². The number of ether oxygens (including phenoxy) is 1. The van der Waals surface area contributed by atoms with E-state index in [1.54, 1.807) is 11.3 Å². The molecule has 3 rings (SSSR count). The zero-order valence-electron chi connectivity index (χ0n) is 8.03. The lowest BCUT2D eigenvalue weighted by Gasteiger charge is -2.35. The smallest absolute Gasteiger partial charge is 0.112 e. The van der Waals surface area contributed by atoms with Gasteiger partial charge in [0.25, 0.3) is 0 Å². The van der Waals surface area contributed by atoms with Crippen LogP contribution in [0.5, 0.6) is 0 Å². The molecule has 2 aliphatic rings. The van der Waals surface area contributed by atoms with E-state index in [1.165, 1.54) is 17.1 Å². The Hall–Kier alpha value is -0.740. The van der Waals surface area contributed by atoms with Crippen LogP contribution >= 0.6 is 11.3 Å². The highest BCUT2D eigenvalue weighted by Gasteiger charge is 2.27. The van der Waals surface area contributed by atoms with Crippen molar-refractivity contribution in [2.45, 2.75) is 12.5 Å². The van der Waals surface area contributed by atoms with Gasteiger partial charge in [-0.3, -0.25) is 0 Å². The van der Waals surface area contributed by atoms with Crippen LogP contribution in [0.4, 0.5) is 10.7 Å². The molecular weight excluding hydrogens is 196 g/mol. The normalized spacial score (nSPS) is 26.0. The summed E-state index contributed by atoms with van der Waals surface area (Å²) in [5.74, 6) is 0. The summed E-state index contributed by atoms with van der Waals surface area (Å²) >= 11 is 1.80. The summed E-state index contributed by atoms with van der Waals surface area (Å²) < 4.78 is 5.52. The Morgan fingerprint density at radius 1 is 1.57 bits per heavy atom. The number of hydrogen-bond donors (Lipinski definition) is 1. The Morgan fingerprint density at radius 3 is 3.57 bits per heavy atom. The van der Waals surface area contributed by atoms with Gasteiger partial charge in [-0.05, 0) is 17.9 Å². The third kappa shape index (κ3) is 1.29. The van der Waals surface area contributed by atoms with Gasteiger partial charge in [-0.15, -0.1) is 11.3 Å². The molecule has 0 saturated carbocycles. The molecule has 0 aliphatic carbocycles. The molecule has 0 amide bonds. The molecule has 1 saturated heterocycles. The van der Waals surface area contributed by atoms with Gasteiger partial charge in [-0.1, -0.05) is 0 Å². The predicted octanol–water partition coefficient (Wildman–Crippen LogP) is 1.77. The first-order chi connectivity index (χ1) is 6.95. The van der Waals surface area contributed by atoms with E-state index in [1.807, 2.05) is 0 Å². The molecule has 3 nitrogen and oxygen atoms in total. The van der Waals surface area contributed by atoms with Crippen molar-refractivity contribution in [3.63, 3.8) is 0 Å². The Morgan fingerprint density at radius 2 is 2.57 bits per heavy atom. The first-order valence-corrected chi connectivity index (χ1v) is 5.99. The van der Waals surface area contributed by atoms with Crippen molar-refractivity contribution in [3.05, 3.63) is 11.4 Å². The summed E-state index contributed by atoms with van der Waals surface area (Å²) in [5, 5.41) is 6.97. The van der Waals surface area contributed by atoms with Gasteiger partial charge < -0.3 is 15.0 Å². The summed E-state index contributed by atoms with van der Waals surface area (Å²) in [6.07, 6.45) is 1.18. The molecule has 0 spiro atoms. The van der Waals surface area contributed by atoms with E-state index in [-0.39, 0.29) is 0 Å². The molecule has 4 heteroatoms. The second-order valence-electron chi connectivity index (χ2n) is 3.77. The maximum atomic E-state index is 5.52. The Bertz CT molecular complexity index is 326. The number of nitrogens with one attached hydrogen (secondary N) is 1. The van der Waals surface area contributed by atoms with Crippen molar-refractivity contribution in [2.75, 3.05) is 36.5 Å². The number of thiophene rings is 1. The molecule has 1 aromatic heterocycles. The minimum atomic E-state index is 0.576. The average molecular weight is 210 g/mol. The molecule has 76 valence electrons. The van der Waals surface area contributed by atoms with Gasteiger partial charge in [0.1, 0.15) is 5.00 Å². The minimum absolute atomic E-state index is 0.576. The zero-order valence-corrected chi connectivity index (χ0v) is 8.85. The van der Waals surface area contributed by atoms with Crippen molar-refractivity contribution in [1.29, 1.82) is 0 Å². The second kappa shape index (κ2) is 3.44. The summed E-state index contributed by atoms with van der Waals surface area (Å²) in [5.41, 5.74) is 1.38. The standard InChI is InChI=1S/C10H14N2OS/c1-3-11-10-9(2-6-14-10)12-4-5-13-7-8(1)12/h2,6,8,11H,1,3-5,7H2. The summed E-state index contributed by atoms with van der Waals surface area (Å²) in [7, 11) is 0. The van der Waals surface area contributed by atoms with Crippen LogP contribution < -0.4 is 10.2 Å². The SMILES string of the molecule is c1cc2c(s1)NCCC1COCCN21. The van der Waals surface area contributed by atoms with Crippen LogP contribution in [0.3, 0.4) is 0 Å². The molecule has 0 bridgehead atoms. The van der Waals surface area contributed by atoms with Gasteiger partial charge in [0.05, 0.1) is 24.9 Å². The maximum absolute atomic E-state index is 5.52. The van der Waals surface area contributed by atoms with E-state index < -0.39 is 0 Å². The van der Waals surface area contributed by atoms with E-state index in [2.05, 4.69) is 21.7 Å². The van der Waals surface area contributed by atoms with Crippen molar-refractivity contribution in [3.8, 4) is 0 Å². The van der Waals surface area contributed by atoms with E-state index in [9.17, 15) is 0 Å². The summed E-state index contributed by atoms with van der Waals surface area (Å²) in [4.78, 5) is 2.50. The van der Waals surface area contributed by atoms with Crippen LogP contribution in [-0.2, 0) is 4.74 Å². The fourth-order valence-corrected chi connectivity index (χ4v) is 3.05. The molecular formula is C10H14N2OS. The topological polar surface area (TPSA) is 24.5 Å². The zero-order chi connectivity index (χ0) is 9.38. The molecule has 0 aromatic carbocycles. The summed E-state index contributed by atoms with van der Waals surface area (Å²) in [6.45, 7) is 3.86. The van der Waals surface area contributed by atoms with Gasteiger partial charge in [0.2, 0.25) is 0 Å². The van der Waals surface area contributed by atoms with Gasteiger partial charge in [-0.2, -0.15) is 0 Å². The second-order valence-corrected chi connectivity index (χ2v) is 4.69. The third-order valence-corrected chi connectivity index (χ3v) is 3.81. The number of hydrogen-bond acceptors (Lipinski definition) is 4. The lowest BCUT2D eigenvalue weighted by molar-refractivity contribution is 0.0932. The molecule has 1 atom stereocenters. The lowest BCUT2D eigenvalue weighted by Crippen LogP contribution is -2.45. The largest absolute Gasteiger partial charge is 0.377 e. The minimum Gasteiger partial charge on any atom is -0.377 e. The average Bonchev–Trinajstić information content (AvgIpc) is 2.61. The Kier molecular flexibility index (Phi) is 2.10. The fraction of sp³-hybridized carbons (Fsp3) is 0.600. The van der Waals surface area contributed by atoms with E-state index in [0.29, 0.717) is 6.04 Å². The van der Waals surface area contributed by atoms with Gasteiger partial charge in [0, 0.05) is 13.1 Å². The summed E-state index contributed by atoms with van der Waals surface area (Å²) in [6, 6.07) is 2.79. The maximum Gasteiger partial charge on any atom is 0.112 e. The van der Waals surface area contributed by atoms with Crippen LogP contribution in [-0.4, -0.2) is 32.3 Å². The van der Waals surface area contributed by atoms with Crippen LogP contribution in [0.2, 0.25) is 0 Å². The quantitative estimate of drug-likeness (QED) is 0.706. The van der Waals surface area contributed by atoms with E-state index in [0.717, 1.165) is 26.3 Å². The number of nitrogens with zero attached hydrogens (tertiary/aromatic N) is 1. The molecule has 3 heterocycles. The molecule has 1 aromatic rings. The first-order valence-electron chi connectivity index (χ1n) is 5.11. The van der Waals surface area contributed by atoms with E-state index in [4.69, 9.17) is 4.74 Å². The molecule has 1 fully saturated rings. The molecule has 0 radical (unpaired) electrons. The van der Waals surface area contributed by atoms with Crippen molar-refractivity contribution in [2.24, 2.45) is 0 Å². The fourth-order valence-electron chi connectivity index (χ4n) is 2.22. The third-order valence-electron chi connectivity index (χ3n) is 2.94. The van der Waals surface area contributed by atoms with Crippen LogP contribution in [0.25, 0.3) is 0 Å². The molecule has 1 N–H and O–H groups in total. The van der Waals surface area contributed by atoms with Crippen molar-refractivity contribution >= 4 is 22.0 Å². The van der Waals surface area contributed by atoms with Crippen molar-refractivity contribution in [1.82, 2.24) is 0 Å². The first kappa shape index (κ1) is 8.56. The predicted molar refractivity (Wildman–Crippen MR) is 59.4 cm³/mol. The van der Waals surface area contributed by atoms with Crippen LogP contribution in [0.1, 0.15) is 6.42 Å². The molecule has 14 heavy (non-hydrogen) atoms. The van der Waals surface area contributed by atoms with Gasteiger partial charge in [0.15, 0.2) is 0 Å². The lowest BCUT2D eigenvalue weighted by atomic mass is 10.1. The number of anilines is 2. The monoisotopic (exact) mass is 210 g/mol. The Labute approximate surface area is 87.7 Å². The highest BCUT2D eigenvalue weighted by Crippen LogP contribution is 2.36. The highest BCUT2D eigenvalue weighted by molar-refractivity contribution is 7.14. The van der Waals surface area contributed by atoms with E-state index >= 15 is 0 Å². The highest BCUT2D eigenvalue weighted by atomic mass is 32.1. The molecule has 2 aliphatic heterocycles. The number of rotatable bonds is 0. The number of morpholine rings is 1. The molecule has 1 unspecified atom stereocenters.